The predicted molar refractivity (Wildman–Crippen MR) is 101 cm³/mol. The third kappa shape index (κ3) is 3.72. The van der Waals surface area contributed by atoms with Crippen molar-refractivity contribution in [2.24, 2.45) is 5.10 Å². The zero-order valence-electron chi connectivity index (χ0n) is 14.2. The minimum absolute atomic E-state index is 0.0531. The Labute approximate surface area is 155 Å². The molecule has 0 fully saturated rings. The van der Waals surface area contributed by atoms with Crippen molar-refractivity contribution in [1.82, 2.24) is 4.83 Å². The maximum Gasteiger partial charge on any atom is 0.276 e. The number of nitrogens with one attached hydrogen (secondary N) is 1. The second-order valence-electron chi connectivity index (χ2n) is 5.78. The molecule has 3 rings (SSSR count). The molecule has 0 aliphatic carbocycles. The van der Waals surface area contributed by atoms with Gasteiger partial charge in [-0.05, 0) is 29.8 Å². The van der Waals surface area contributed by atoms with Crippen molar-refractivity contribution in [2.45, 2.75) is 11.8 Å². The standard InChI is InChI=1S/C18H15N3O5S/c1-12-6-8-14(10-17(12)21(23)24)27(25,26)20-19-11-16-15-5-3-2-4-13(15)7-9-18(16)22/h2-11,20,22H,1H3/b19-11-. The molecule has 0 bridgehead atoms. The van der Waals surface area contributed by atoms with Crippen molar-refractivity contribution >= 4 is 32.7 Å². The molecule has 2 N–H and O–H groups in total. The number of hydrogen-bond acceptors (Lipinski definition) is 6. The fourth-order valence-corrected chi connectivity index (χ4v) is 3.40. The van der Waals surface area contributed by atoms with Gasteiger partial charge in [-0.15, -0.1) is 0 Å². The van der Waals surface area contributed by atoms with Crippen molar-refractivity contribution in [1.29, 1.82) is 0 Å². The van der Waals surface area contributed by atoms with Gasteiger partial charge in [-0.3, -0.25) is 10.1 Å². The summed E-state index contributed by atoms with van der Waals surface area (Å²) < 4.78 is 24.7. The minimum Gasteiger partial charge on any atom is -0.507 e. The normalized spacial score (nSPS) is 11.7. The molecule has 9 heteroatoms. The highest BCUT2D eigenvalue weighted by Crippen LogP contribution is 2.25. The largest absolute Gasteiger partial charge is 0.507 e. The predicted octanol–water partition coefficient (Wildman–Crippen LogP) is 3.07. The summed E-state index contributed by atoms with van der Waals surface area (Å²) in [6.45, 7) is 1.52. The molecule has 0 radical (unpaired) electrons. The maximum absolute atomic E-state index is 12.3. The molecule has 0 amide bonds. The lowest BCUT2D eigenvalue weighted by molar-refractivity contribution is -0.385. The maximum atomic E-state index is 12.3. The van der Waals surface area contributed by atoms with Gasteiger partial charge >= 0.3 is 0 Å². The average molecular weight is 385 g/mol. The fourth-order valence-electron chi connectivity index (χ4n) is 2.59. The molecule has 138 valence electrons. The van der Waals surface area contributed by atoms with Crippen LogP contribution in [0.3, 0.4) is 0 Å². The van der Waals surface area contributed by atoms with E-state index in [-0.39, 0.29) is 16.3 Å². The van der Waals surface area contributed by atoms with Crippen molar-refractivity contribution < 1.29 is 18.4 Å². The Balaban J connectivity index is 1.92. The van der Waals surface area contributed by atoms with E-state index < -0.39 is 14.9 Å². The molecular weight excluding hydrogens is 370 g/mol. The monoisotopic (exact) mass is 385 g/mol. The van der Waals surface area contributed by atoms with Gasteiger partial charge in [0.15, 0.2) is 0 Å². The molecule has 0 atom stereocenters. The van der Waals surface area contributed by atoms with E-state index in [4.69, 9.17) is 0 Å². The van der Waals surface area contributed by atoms with Crippen LogP contribution in [0, 0.1) is 17.0 Å². The number of benzene rings is 3. The van der Waals surface area contributed by atoms with Gasteiger partial charge in [0, 0.05) is 17.2 Å². The molecule has 0 aromatic heterocycles. The Morgan fingerprint density at radius 3 is 2.63 bits per heavy atom. The molecule has 0 aliphatic rings. The lowest BCUT2D eigenvalue weighted by atomic mass is 10.0. The highest BCUT2D eigenvalue weighted by molar-refractivity contribution is 7.89. The summed E-state index contributed by atoms with van der Waals surface area (Å²) >= 11 is 0. The van der Waals surface area contributed by atoms with E-state index in [1.165, 1.54) is 31.3 Å². The summed E-state index contributed by atoms with van der Waals surface area (Å²) in [5, 5.41) is 26.3. The number of nitro groups is 1. The van der Waals surface area contributed by atoms with Gasteiger partial charge in [-0.2, -0.15) is 13.5 Å². The van der Waals surface area contributed by atoms with Crippen molar-refractivity contribution in [3.8, 4) is 5.75 Å². The van der Waals surface area contributed by atoms with Gasteiger partial charge in [0.05, 0.1) is 16.0 Å². The average Bonchev–Trinajstić information content (AvgIpc) is 2.63. The highest BCUT2D eigenvalue weighted by Gasteiger charge is 2.19. The van der Waals surface area contributed by atoms with E-state index in [1.54, 1.807) is 18.2 Å². The SMILES string of the molecule is Cc1ccc(S(=O)(=O)N/N=C\c2c(O)ccc3ccccc23)cc1[N+](=O)[O-]. The topological polar surface area (TPSA) is 122 Å². The molecular formula is C18H15N3O5S. The van der Waals surface area contributed by atoms with Gasteiger partial charge < -0.3 is 5.11 Å². The Kier molecular flexibility index (Phi) is 4.78. The lowest BCUT2D eigenvalue weighted by Crippen LogP contribution is -2.18. The Hall–Kier alpha value is -3.46. The Morgan fingerprint density at radius 1 is 1.15 bits per heavy atom. The number of nitro benzene ring substituents is 1. The number of hydrazone groups is 1. The number of hydrogen-bond donors (Lipinski definition) is 2. The number of aromatic hydroxyl groups is 1. The summed E-state index contributed by atoms with van der Waals surface area (Å²) in [6.07, 6.45) is 1.19. The molecule has 3 aromatic rings. The molecule has 8 nitrogen and oxygen atoms in total. The van der Waals surface area contributed by atoms with Crippen LogP contribution in [-0.2, 0) is 10.0 Å². The summed E-state index contributed by atoms with van der Waals surface area (Å²) in [7, 11) is -4.10. The molecule has 0 saturated carbocycles. The van der Waals surface area contributed by atoms with E-state index in [9.17, 15) is 23.6 Å². The highest BCUT2D eigenvalue weighted by atomic mass is 32.2. The first kappa shape index (κ1) is 18.3. The molecule has 0 heterocycles. The third-order valence-electron chi connectivity index (χ3n) is 4.00. The van der Waals surface area contributed by atoms with E-state index in [2.05, 4.69) is 5.10 Å². The van der Waals surface area contributed by atoms with Crippen LogP contribution in [-0.4, -0.2) is 24.7 Å². The van der Waals surface area contributed by atoms with Gasteiger partial charge in [-0.25, -0.2) is 4.83 Å². The summed E-state index contributed by atoms with van der Waals surface area (Å²) in [4.78, 5) is 12.1. The van der Waals surface area contributed by atoms with E-state index >= 15 is 0 Å². The van der Waals surface area contributed by atoms with Crippen LogP contribution < -0.4 is 4.83 Å². The number of phenolic OH excluding ortho intramolecular Hbond substituents is 1. The quantitative estimate of drug-likeness (QED) is 0.397. The van der Waals surface area contributed by atoms with Crippen LogP contribution >= 0.6 is 0 Å². The number of fused-ring (bicyclic) bond motifs is 1. The lowest BCUT2D eigenvalue weighted by Gasteiger charge is -2.06. The molecule has 0 aliphatic heterocycles. The zero-order valence-corrected chi connectivity index (χ0v) is 15.0. The minimum atomic E-state index is -4.10. The number of phenols is 1. The van der Waals surface area contributed by atoms with E-state index in [0.29, 0.717) is 16.5 Å². The summed E-state index contributed by atoms with van der Waals surface area (Å²) in [6, 6.07) is 14.1. The van der Waals surface area contributed by atoms with Crippen LogP contribution in [0.5, 0.6) is 5.75 Å². The molecule has 0 unspecified atom stereocenters. The second kappa shape index (κ2) is 7.04. The van der Waals surface area contributed by atoms with Crippen LogP contribution in [0.1, 0.15) is 11.1 Å². The van der Waals surface area contributed by atoms with Crippen molar-refractivity contribution in [3.63, 3.8) is 0 Å². The Bertz CT molecular complexity index is 1170. The van der Waals surface area contributed by atoms with E-state index in [0.717, 1.165) is 11.5 Å². The van der Waals surface area contributed by atoms with Gasteiger partial charge in [0.25, 0.3) is 15.7 Å². The number of aryl methyl sites for hydroxylation is 1. The number of rotatable bonds is 5. The van der Waals surface area contributed by atoms with Crippen molar-refractivity contribution in [3.05, 3.63) is 75.8 Å². The zero-order chi connectivity index (χ0) is 19.6. The Morgan fingerprint density at radius 2 is 1.89 bits per heavy atom. The van der Waals surface area contributed by atoms with Crippen molar-refractivity contribution in [2.75, 3.05) is 0 Å². The van der Waals surface area contributed by atoms with Crippen LogP contribution in [0.25, 0.3) is 10.8 Å². The first-order chi connectivity index (χ1) is 12.8. The van der Waals surface area contributed by atoms with Crippen LogP contribution in [0.4, 0.5) is 5.69 Å². The number of sulfonamides is 1. The smallest absolute Gasteiger partial charge is 0.276 e. The van der Waals surface area contributed by atoms with Gasteiger partial charge in [0.2, 0.25) is 0 Å². The van der Waals surface area contributed by atoms with Gasteiger partial charge in [-0.1, -0.05) is 36.4 Å². The first-order valence-electron chi connectivity index (χ1n) is 7.80. The molecule has 0 spiro atoms. The third-order valence-corrected chi connectivity index (χ3v) is 5.22. The summed E-state index contributed by atoms with van der Waals surface area (Å²) in [5.41, 5.74) is 0.405. The van der Waals surface area contributed by atoms with Gasteiger partial charge in [0.1, 0.15) is 5.75 Å². The molecule has 3 aromatic carbocycles. The first-order valence-corrected chi connectivity index (χ1v) is 9.28. The van der Waals surface area contributed by atoms with Crippen LogP contribution in [0.15, 0.2) is 64.6 Å². The second-order valence-corrected chi connectivity index (χ2v) is 7.44. The number of nitrogens with zero attached hydrogens (tertiary/aromatic N) is 2. The molecule has 0 saturated heterocycles. The van der Waals surface area contributed by atoms with Crippen LogP contribution in [0.2, 0.25) is 0 Å². The van der Waals surface area contributed by atoms with E-state index in [1.807, 2.05) is 17.0 Å². The molecule has 27 heavy (non-hydrogen) atoms. The summed E-state index contributed by atoms with van der Waals surface area (Å²) in [5.74, 6) is -0.0531. The fraction of sp³-hybridized carbons (Fsp3) is 0.0556.